The average Bonchev–Trinajstić information content (AvgIpc) is 2.56. The Kier molecular flexibility index (Phi) is 7.70. The van der Waals surface area contributed by atoms with E-state index in [2.05, 4.69) is 4.74 Å². The smallest absolute Gasteiger partial charge is 0.307 e. The van der Waals surface area contributed by atoms with Gasteiger partial charge >= 0.3 is 5.97 Å². The minimum absolute atomic E-state index is 0.0925. The maximum absolute atomic E-state index is 12.1. The summed E-state index contributed by atoms with van der Waals surface area (Å²) in [6.45, 7) is 0.201. The molecule has 0 bridgehead atoms. The summed E-state index contributed by atoms with van der Waals surface area (Å²) in [6.07, 6.45) is 3.16. The first-order valence-electron chi connectivity index (χ1n) is 6.89. The van der Waals surface area contributed by atoms with Gasteiger partial charge in [-0.1, -0.05) is 12.1 Å². The molecular formula is C16H21NO5. The number of hydrogen-bond donors (Lipinski definition) is 1. The Morgan fingerprint density at radius 1 is 1.27 bits per heavy atom. The molecule has 0 atom stereocenters. The van der Waals surface area contributed by atoms with Crippen molar-refractivity contribution in [3.63, 3.8) is 0 Å². The van der Waals surface area contributed by atoms with Crippen molar-refractivity contribution >= 4 is 18.0 Å². The highest BCUT2D eigenvalue weighted by Gasteiger charge is 2.12. The van der Waals surface area contributed by atoms with Crippen LogP contribution in [-0.2, 0) is 14.3 Å². The van der Waals surface area contributed by atoms with E-state index in [4.69, 9.17) is 9.84 Å². The number of ether oxygens (including phenoxy) is 2. The first kappa shape index (κ1) is 17.7. The number of carbonyl (C=O) groups is 2. The van der Waals surface area contributed by atoms with E-state index in [1.54, 1.807) is 19.3 Å². The molecule has 22 heavy (non-hydrogen) atoms. The SMILES string of the molecule is COC(=O)CCN(CCO)C(=O)/C=C/c1cccc(OC)c1. The first-order valence-corrected chi connectivity index (χ1v) is 6.89. The Morgan fingerprint density at radius 2 is 2.05 bits per heavy atom. The molecule has 1 aromatic carbocycles. The van der Waals surface area contributed by atoms with Crippen LogP contribution >= 0.6 is 0 Å². The number of hydrogen-bond acceptors (Lipinski definition) is 5. The Labute approximate surface area is 129 Å². The number of esters is 1. The summed E-state index contributed by atoms with van der Waals surface area (Å²) in [7, 11) is 2.87. The molecule has 0 saturated heterocycles. The second-order valence-electron chi connectivity index (χ2n) is 4.48. The van der Waals surface area contributed by atoms with Gasteiger partial charge in [0.25, 0.3) is 0 Å². The van der Waals surface area contributed by atoms with Crippen molar-refractivity contribution in [2.75, 3.05) is 33.9 Å². The number of aliphatic hydroxyl groups is 1. The monoisotopic (exact) mass is 307 g/mol. The number of rotatable bonds is 8. The van der Waals surface area contributed by atoms with Gasteiger partial charge in [0.2, 0.25) is 5.91 Å². The van der Waals surface area contributed by atoms with Crippen LogP contribution in [-0.4, -0.2) is 55.8 Å². The zero-order chi connectivity index (χ0) is 16.4. The molecule has 0 aliphatic rings. The molecule has 1 N–H and O–H groups in total. The van der Waals surface area contributed by atoms with E-state index in [9.17, 15) is 9.59 Å². The van der Waals surface area contributed by atoms with E-state index in [-0.39, 0.29) is 32.0 Å². The summed E-state index contributed by atoms with van der Waals surface area (Å²) in [5.41, 5.74) is 0.824. The standard InChI is InChI=1S/C16H21NO5/c1-21-14-5-3-4-13(12-14)6-7-15(19)17(10-11-18)9-8-16(20)22-2/h3-7,12,18H,8-11H2,1-2H3/b7-6+. The minimum Gasteiger partial charge on any atom is -0.497 e. The zero-order valence-electron chi connectivity index (χ0n) is 12.8. The molecule has 1 aromatic rings. The summed E-state index contributed by atoms with van der Waals surface area (Å²) in [6, 6.07) is 7.28. The molecule has 0 fully saturated rings. The van der Waals surface area contributed by atoms with Gasteiger partial charge in [-0.15, -0.1) is 0 Å². The third-order valence-corrected chi connectivity index (χ3v) is 3.01. The molecule has 6 heteroatoms. The van der Waals surface area contributed by atoms with E-state index >= 15 is 0 Å². The number of nitrogens with zero attached hydrogens (tertiary/aromatic N) is 1. The molecule has 0 aliphatic heterocycles. The van der Waals surface area contributed by atoms with E-state index in [0.29, 0.717) is 5.75 Å². The van der Waals surface area contributed by atoms with Crippen LogP contribution in [0.5, 0.6) is 5.75 Å². The molecule has 1 rings (SSSR count). The van der Waals surface area contributed by atoms with Gasteiger partial charge in [0.05, 0.1) is 27.2 Å². The van der Waals surface area contributed by atoms with Crippen molar-refractivity contribution in [1.82, 2.24) is 4.90 Å². The van der Waals surface area contributed by atoms with Crippen molar-refractivity contribution < 1.29 is 24.2 Å². The Bertz CT molecular complexity index is 527. The first-order chi connectivity index (χ1) is 10.6. The Balaban J connectivity index is 2.68. The lowest BCUT2D eigenvalue weighted by atomic mass is 10.2. The van der Waals surface area contributed by atoms with E-state index in [0.717, 1.165) is 5.56 Å². The maximum Gasteiger partial charge on any atom is 0.307 e. The highest BCUT2D eigenvalue weighted by atomic mass is 16.5. The van der Waals surface area contributed by atoms with Crippen molar-refractivity contribution in [2.45, 2.75) is 6.42 Å². The van der Waals surface area contributed by atoms with Crippen LogP contribution in [0, 0.1) is 0 Å². The molecule has 0 aliphatic carbocycles. The van der Waals surface area contributed by atoms with Crippen LogP contribution in [0.15, 0.2) is 30.3 Å². The maximum atomic E-state index is 12.1. The van der Waals surface area contributed by atoms with Gasteiger partial charge in [-0.25, -0.2) is 0 Å². The number of amides is 1. The van der Waals surface area contributed by atoms with Crippen LogP contribution in [0.2, 0.25) is 0 Å². The predicted molar refractivity (Wildman–Crippen MR) is 82.3 cm³/mol. The van der Waals surface area contributed by atoms with Gasteiger partial charge in [0.15, 0.2) is 0 Å². The minimum atomic E-state index is -0.396. The van der Waals surface area contributed by atoms with Gasteiger partial charge in [0.1, 0.15) is 5.75 Å². The topological polar surface area (TPSA) is 76.1 Å². The largest absolute Gasteiger partial charge is 0.497 e. The van der Waals surface area contributed by atoms with Gasteiger partial charge in [0, 0.05) is 19.2 Å². The Hall–Kier alpha value is -2.34. The van der Waals surface area contributed by atoms with E-state index in [1.807, 2.05) is 18.2 Å². The fraction of sp³-hybridized carbons (Fsp3) is 0.375. The molecule has 0 saturated carbocycles. The van der Waals surface area contributed by atoms with Crippen molar-refractivity contribution in [3.05, 3.63) is 35.9 Å². The molecule has 120 valence electrons. The second-order valence-corrected chi connectivity index (χ2v) is 4.48. The van der Waals surface area contributed by atoms with Crippen LogP contribution in [0.25, 0.3) is 6.08 Å². The van der Waals surface area contributed by atoms with Gasteiger partial charge < -0.3 is 19.5 Å². The van der Waals surface area contributed by atoms with Crippen molar-refractivity contribution in [1.29, 1.82) is 0 Å². The molecule has 0 aromatic heterocycles. The van der Waals surface area contributed by atoms with E-state index in [1.165, 1.54) is 18.1 Å². The number of benzene rings is 1. The summed E-state index contributed by atoms with van der Waals surface area (Å²) in [4.78, 5) is 24.6. The highest BCUT2D eigenvalue weighted by molar-refractivity contribution is 5.92. The molecule has 0 radical (unpaired) electrons. The fourth-order valence-electron chi connectivity index (χ4n) is 1.80. The van der Waals surface area contributed by atoms with Gasteiger partial charge in [-0.3, -0.25) is 9.59 Å². The number of methoxy groups -OCH3 is 2. The second kappa shape index (κ2) is 9.57. The molecule has 0 spiro atoms. The molecule has 0 heterocycles. The highest BCUT2D eigenvalue weighted by Crippen LogP contribution is 2.13. The zero-order valence-corrected chi connectivity index (χ0v) is 12.8. The third kappa shape index (κ3) is 5.97. The molecule has 1 amide bonds. The lowest BCUT2D eigenvalue weighted by Gasteiger charge is -2.19. The van der Waals surface area contributed by atoms with Crippen LogP contribution in [0.3, 0.4) is 0 Å². The van der Waals surface area contributed by atoms with Crippen LogP contribution in [0.4, 0.5) is 0 Å². The molecule has 6 nitrogen and oxygen atoms in total. The van der Waals surface area contributed by atoms with Gasteiger partial charge in [-0.05, 0) is 23.8 Å². The van der Waals surface area contributed by atoms with Crippen LogP contribution in [0.1, 0.15) is 12.0 Å². The van der Waals surface area contributed by atoms with Crippen LogP contribution < -0.4 is 4.74 Å². The lowest BCUT2D eigenvalue weighted by Crippen LogP contribution is -2.34. The normalized spacial score (nSPS) is 10.5. The summed E-state index contributed by atoms with van der Waals surface area (Å²) < 4.78 is 9.65. The quantitative estimate of drug-likeness (QED) is 0.575. The third-order valence-electron chi connectivity index (χ3n) is 3.01. The average molecular weight is 307 g/mol. The summed E-state index contributed by atoms with van der Waals surface area (Å²) in [5, 5.41) is 9.01. The Morgan fingerprint density at radius 3 is 2.68 bits per heavy atom. The predicted octanol–water partition coefficient (Wildman–Crippen LogP) is 1.09. The van der Waals surface area contributed by atoms with Gasteiger partial charge in [-0.2, -0.15) is 0 Å². The van der Waals surface area contributed by atoms with Crippen molar-refractivity contribution in [2.24, 2.45) is 0 Å². The lowest BCUT2D eigenvalue weighted by molar-refractivity contribution is -0.141. The summed E-state index contributed by atoms with van der Waals surface area (Å²) in [5.74, 6) is 0.0285. The summed E-state index contributed by atoms with van der Waals surface area (Å²) >= 11 is 0. The molecule has 0 unspecified atom stereocenters. The van der Waals surface area contributed by atoms with E-state index < -0.39 is 5.97 Å². The van der Waals surface area contributed by atoms with Crippen molar-refractivity contribution in [3.8, 4) is 5.75 Å². The number of aliphatic hydroxyl groups excluding tert-OH is 1. The molecular weight excluding hydrogens is 286 g/mol. The number of carbonyl (C=O) groups excluding carboxylic acids is 2. The fourth-order valence-corrected chi connectivity index (χ4v) is 1.80.